The summed E-state index contributed by atoms with van der Waals surface area (Å²) in [6.45, 7) is 3.65. The molecule has 1 fully saturated rings. The molecule has 0 spiro atoms. The number of hydrogen-bond donors (Lipinski definition) is 2. The van der Waals surface area contributed by atoms with E-state index in [0.717, 1.165) is 4.31 Å². The van der Waals surface area contributed by atoms with Gasteiger partial charge in [0, 0.05) is 45.3 Å². The number of methoxy groups -OCH3 is 2. The highest BCUT2D eigenvalue weighted by Crippen LogP contribution is 2.30. The summed E-state index contributed by atoms with van der Waals surface area (Å²) in [6, 6.07) is 4.49. The Morgan fingerprint density at radius 3 is 2.15 bits per heavy atom. The minimum absolute atomic E-state index is 0.0502. The Kier molecular flexibility index (Phi) is 11.0. The van der Waals surface area contributed by atoms with E-state index < -0.39 is 32.2 Å². The maximum absolute atomic E-state index is 13.1. The van der Waals surface area contributed by atoms with E-state index in [1.54, 1.807) is 13.0 Å². The van der Waals surface area contributed by atoms with Crippen molar-refractivity contribution in [2.45, 2.75) is 18.0 Å². The van der Waals surface area contributed by atoms with Gasteiger partial charge in [-0.15, -0.1) is 0 Å². The second-order valence-corrected chi connectivity index (χ2v) is 10.8. The lowest BCUT2D eigenvalue weighted by Gasteiger charge is -2.28. The fourth-order valence-corrected chi connectivity index (χ4v) is 6.03. The van der Waals surface area contributed by atoms with Crippen molar-refractivity contribution in [1.82, 2.24) is 13.9 Å². The van der Waals surface area contributed by atoms with Gasteiger partial charge in [0.05, 0.1) is 20.0 Å². The summed E-state index contributed by atoms with van der Waals surface area (Å²) in [5, 5.41) is 10.2. The number of nitrogens with zero attached hydrogens (tertiary/aromatic N) is 2. The van der Waals surface area contributed by atoms with E-state index in [1.165, 1.54) is 30.7 Å². The smallest absolute Gasteiger partial charge is 0.490 e. The molecular formula is C18H28F3N3O8S2. The van der Waals surface area contributed by atoms with Gasteiger partial charge in [0.15, 0.2) is 0 Å². The van der Waals surface area contributed by atoms with Gasteiger partial charge in [0.1, 0.15) is 16.4 Å². The van der Waals surface area contributed by atoms with E-state index in [1.807, 2.05) is 0 Å². The standard InChI is InChI=1S/C16H27N3O6S2.C2HF3O2/c1-4-18(11-12-26(20,21)19-9-7-17-8-10-19)27(22,23)16-13-14(24-2)5-6-15(16)25-3;3-2(4,5)1(6)7/h5-6,13,17H,4,7-12H2,1-3H3;(H,6,7). The van der Waals surface area contributed by atoms with Crippen molar-refractivity contribution in [3.8, 4) is 11.5 Å². The van der Waals surface area contributed by atoms with Crippen LogP contribution in [-0.2, 0) is 24.8 Å². The molecule has 0 aromatic heterocycles. The largest absolute Gasteiger partial charge is 0.497 e. The van der Waals surface area contributed by atoms with E-state index in [2.05, 4.69) is 5.32 Å². The third kappa shape index (κ3) is 8.26. The molecule has 0 bridgehead atoms. The molecule has 1 aromatic rings. The molecule has 0 unspecified atom stereocenters. The number of benzene rings is 1. The van der Waals surface area contributed by atoms with Gasteiger partial charge < -0.3 is 19.9 Å². The number of alkyl halides is 3. The molecule has 1 heterocycles. The number of nitrogens with one attached hydrogen (secondary N) is 1. The molecule has 0 radical (unpaired) electrons. The predicted molar refractivity (Wildman–Crippen MR) is 116 cm³/mol. The van der Waals surface area contributed by atoms with Gasteiger partial charge in [-0.25, -0.2) is 21.6 Å². The van der Waals surface area contributed by atoms with Crippen LogP contribution in [0.1, 0.15) is 6.92 Å². The number of aliphatic carboxylic acids is 1. The van der Waals surface area contributed by atoms with Gasteiger partial charge in [-0.05, 0) is 12.1 Å². The first-order chi connectivity index (χ1) is 15.7. The highest BCUT2D eigenvalue weighted by Gasteiger charge is 2.38. The van der Waals surface area contributed by atoms with Gasteiger partial charge in [-0.1, -0.05) is 6.92 Å². The molecule has 196 valence electrons. The Labute approximate surface area is 196 Å². The normalized spacial score (nSPS) is 15.4. The number of carboxylic acids is 1. The Morgan fingerprint density at radius 1 is 1.15 bits per heavy atom. The average molecular weight is 536 g/mol. The molecule has 1 aliphatic rings. The molecule has 1 aromatic carbocycles. The first-order valence-electron chi connectivity index (χ1n) is 9.91. The lowest BCUT2D eigenvalue weighted by atomic mass is 10.3. The molecule has 2 N–H and O–H groups in total. The molecule has 1 saturated heterocycles. The zero-order chi connectivity index (χ0) is 26.2. The second-order valence-electron chi connectivity index (χ2n) is 6.78. The number of carboxylic acid groups (broad SMARTS) is 1. The highest BCUT2D eigenvalue weighted by atomic mass is 32.2. The van der Waals surface area contributed by atoms with E-state index >= 15 is 0 Å². The number of ether oxygens (including phenoxy) is 2. The molecule has 0 atom stereocenters. The maximum Gasteiger partial charge on any atom is 0.490 e. The van der Waals surface area contributed by atoms with Gasteiger partial charge >= 0.3 is 12.1 Å². The maximum atomic E-state index is 13.1. The summed E-state index contributed by atoms with van der Waals surface area (Å²) in [4.78, 5) is 8.85. The number of piperazine rings is 1. The number of hydrogen-bond acceptors (Lipinski definition) is 8. The second kappa shape index (κ2) is 12.5. The van der Waals surface area contributed by atoms with Crippen molar-refractivity contribution in [1.29, 1.82) is 0 Å². The van der Waals surface area contributed by atoms with Crippen LogP contribution in [0.25, 0.3) is 0 Å². The number of rotatable bonds is 9. The quantitative estimate of drug-likeness (QED) is 0.464. The predicted octanol–water partition coefficient (Wildman–Crippen LogP) is 0.583. The Hall–Kier alpha value is -2.14. The van der Waals surface area contributed by atoms with Gasteiger partial charge in [-0.3, -0.25) is 0 Å². The van der Waals surface area contributed by atoms with Crippen LogP contribution in [0.2, 0.25) is 0 Å². The van der Waals surface area contributed by atoms with E-state index in [-0.39, 0.29) is 29.5 Å². The lowest BCUT2D eigenvalue weighted by molar-refractivity contribution is -0.192. The molecule has 2 rings (SSSR count). The van der Waals surface area contributed by atoms with E-state index in [0.29, 0.717) is 31.9 Å². The lowest BCUT2D eigenvalue weighted by Crippen LogP contribution is -2.48. The molecule has 0 saturated carbocycles. The molecule has 16 heteroatoms. The van der Waals surface area contributed by atoms with Crippen LogP contribution in [0.15, 0.2) is 23.1 Å². The van der Waals surface area contributed by atoms with Crippen LogP contribution in [0.4, 0.5) is 13.2 Å². The first kappa shape index (κ1) is 29.9. The monoisotopic (exact) mass is 535 g/mol. The summed E-state index contributed by atoms with van der Waals surface area (Å²) in [7, 11) is -4.65. The van der Waals surface area contributed by atoms with Crippen LogP contribution in [0, 0.1) is 0 Å². The first-order valence-corrected chi connectivity index (χ1v) is 13.0. The van der Waals surface area contributed by atoms with Crippen LogP contribution in [0.5, 0.6) is 11.5 Å². The van der Waals surface area contributed by atoms with Gasteiger partial charge in [0.2, 0.25) is 20.0 Å². The van der Waals surface area contributed by atoms with E-state index in [9.17, 15) is 30.0 Å². The highest BCUT2D eigenvalue weighted by molar-refractivity contribution is 7.90. The van der Waals surface area contributed by atoms with Crippen molar-refractivity contribution in [2.24, 2.45) is 0 Å². The molecule has 0 amide bonds. The summed E-state index contributed by atoms with van der Waals surface area (Å²) < 4.78 is 95.8. The fraction of sp³-hybridized carbons (Fsp3) is 0.611. The zero-order valence-electron chi connectivity index (χ0n) is 18.8. The fourth-order valence-electron chi connectivity index (χ4n) is 2.84. The van der Waals surface area contributed by atoms with E-state index in [4.69, 9.17) is 19.4 Å². The average Bonchev–Trinajstić information content (AvgIpc) is 2.79. The van der Waals surface area contributed by atoms with Gasteiger partial charge in [-0.2, -0.15) is 21.8 Å². The minimum atomic E-state index is -5.08. The van der Waals surface area contributed by atoms with Crippen LogP contribution in [-0.4, -0.2) is 102 Å². The molecule has 0 aliphatic carbocycles. The van der Waals surface area contributed by atoms with Crippen molar-refractivity contribution in [3.63, 3.8) is 0 Å². The summed E-state index contributed by atoms with van der Waals surface area (Å²) in [5.74, 6) is -2.47. The van der Waals surface area contributed by atoms with Crippen molar-refractivity contribution < 1.29 is 49.4 Å². The molecule has 11 nitrogen and oxygen atoms in total. The van der Waals surface area contributed by atoms with Crippen LogP contribution >= 0.6 is 0 Å². The van der Waals surface area contributed by atoms with Crippen molar-refractivity contribution in [2.75, 3.05) is 59.2 Å². The Morgan fingerprint density at radius 2 is 1.71 bits per heavy atom. The summed E-state index contributed by atoms with van der Waals surface area (Å²) in [6.07, 6.45) is -5.08. The van der Waals surface area contributed by atoms with Gasteiger partial charge in [0.25, 0.3) is 0 Å². The SMILES string of the molecule is CCN(CCS(=O)(=O)N1CCNCC1)S(=O)(=O)c1cc(OC)ccc1OC.O=C(O)C(F)(F)F. The molecule has 34 heavy (non-hydrogen) atoms. The summed E-state index contributed by atoms with van der Waals surface area (Å²) in [5.41, 5.74) is 0. The molecule has 1 aliphatic heterocycles. The Balaban J connectivity index is 0.000000718. The zero-order valence-corrected chi connectivity index (χ0v) is 20.5. The van der Waals surface area contributed by atoms with Crippen molar-refractivity contribution in [3.05, 3.63) is 18.2 Å². The van der Waals surface area contributed by atoms with Crippen molar-refractivity contribution >= 4 is 26.0 Å². The third-order valence-corrected chi connectivity index (χ3v) is 8.50. The van der Waals surface area contributed by atoms with Crippen LogP contribution < -0.4 is 14.8 Å². The number of sulfonamides is 2. The Bertz CT molecular complexity index is 1030. The third-order valence-electron chi connectivity index (χ3n) is 4.65. The molecular weight excluding hydrogens is 507 g/mol. The topological polar surface area (TPSA) is 143 Å². The van der Waals surface area contributed by atoms with Crippen LogP contribution in [0.3, 0.4) is 0 Å². The number of halogens is 3. The number of carbonyl (C=O) groups is 1. The minimum Gasteiger partial charge on any atom is -0.497 e. The summed E-state index contributed by atoms with van der Waals surface area (Å²) >= 11 is 0.